The van der Waals surface area contributed by atoms with Crippen molar-refractivity contribution in [1.29, 1.82) is 0 Å². The monoisotopic (exact) mass is 389 g/mol. The summed E-state index contributed by atoms with van der Waals surface area (Å²) >= 11 is 0. The maximum Gasteiger partial charge on any atom is 0.303 e. The summed E-state index contributed by atoms with van der Waals surface area (Å²) in [6.07, 6.45) is 13.1. The van der Waals surface area contributed by atoms with Gasteiger partial charge in [0, 0.05) is 25.9 Å². The minimum Gasteiger partial charge on any atom is -0.481 e. The summed E-state index contributed by atoms with van der Waals surface area (Å²) in [6, 6.07) is 0.451. The van der Waals surface area contributed by atoms with Gasteiger partial charge < -0.3 is 10.0 Å². The second-order valence-corrected chi connectivity index (χ2v) is 10.9. The number of aliphatic carboxylic acids is 1. The first-order valence-electron chi connectivity index (χ1n) is 11.7. The van der Waals surface area contributed by atoms with Gasteiger partial charge in [0.15, 0.2) is 0 Å². The maximum atomic E-state index is 12.3. The summed E-state index contributed by atoms with van der Waals surface area (Å²) in [4.78, 5) is 25.2. The maximum absolute atomic E-state index is 12.3. The quantitative estimate of drug-likeness (QED) is 0.665. The van der Waals surface area contributed by atoms with Crippen LogP contribution in [0.5, 0.6) is 0 Å². The van der Waals surface area contributed by atoms with Gasteiger partial charge in [-0.2, -0.15) is 0 Å². The Morgan fingerprint density at radius 2 is 1.79 bits per heavy atom. The smallest absolute Gasteiger partial charge is 0.303 e. The van der Waals surface area contributed by atoms with E-state index in [1.54, 1.807) is 0 Å². The molecule has 4 fully saturated rings. The third kappa shape index (κ3) is 3.10. The predicted octanol–water partition coefficient (Wildman–Crippen LogP) is 5.11. The molecular weight excluding hydrogens is 350 g/mol. The number of hydrogen-bond donors (Lipinski definition) is 1. The van der Waals surface area contributed by atoms with Crippen LogP contribution in [-0.4, -0.2) is 35.0 Å². The Morgan fingerprint density at radius 3 is 2.54 bits per heavy atom. The van der Waals surface area contributed by atoms with Crippen LogP contribution in [0.1, 0.15) is 90.9 Å². The number of rotatable bonds is 5. The highest BCUT2D eigenvalue weighted by molar-refractivity contribution is 5.77. The molecule has 3 aliphatic carbocycles. The molecule has 1 aliphatic heterocycles. The summed E-state index contributed by atoms with van der Waals surface area (Å²) < 4.78 is 0. The summed E-state index contributed by atoms with van der Waals surface area (Å²) in [7, 11) is 2.04. The van der Waals surface area contributed by atoms with E-state index >= 15 is 0 Å². The Kier molecular flexibility index (Phi) is 5.29. The normalized spacial score (nSPS) is 45.3. The van der Waals surface area contributed by atoms with Crippen molar-refractivity contribution in [3.8, 4) is 0 Å². The summed E-state index contributed by atoms with van der Waals surface area (Å²) in [6.45, 7) is 5.06. The summed E-state index contributed by atoms with van der Waals surface area (Å²) in [5.74, 6) is 2.95. The molecule has 7 atom stereocenters. The molecule has 1 N–H and O–H groups in total. The van der Waals surface area contributed by atoms with Crippen molar-refractivity contribution in [2.24, 2.45) is 34.5 Å². The Morgan fingerprint density at radius 1 is 1.04 bits per heavy atom. The third-order valence-electron chi connectivity index (χ3n) is 9.95. The van der Waals surface area contributed by atoms with E-state index in [1.165, 1.54) is 44.9 Å². The molecule has 1 heterocycles. The van der Waals surface area contributed by atoms with Crippen molar-refractivity contribution >= 4 is 11.9 Å². The number of amides is 1. The first-order chi connectivity index (χ1) is 13.3. The number of likely N-dealkylation sites (tertiary alicyclic amines) is 1. The molecular formula is C24H39NO3. The van der Waals surface area contributed by atoms with Crippen molar-refractivity contribution in [1.82, 2.24) is 4.90 Å². The van der Waals surface area contributed by atoms with Crippen LogP contribution in [0.4, 0.5) is 0 Å². The molecule has 4 aliphatic rings. The lowest BCUT2D eigenvalue weighted by atomic mass is 9.46. The average molecular weight is 390 g/mol. The van der Waals surface area contributed by atoms with Crippen LogP contribution in [0.15, 0.2) is 0 Å². The van der Waals surface area contributed by atoms with E-state index in [9.17, 15) is 9.59 Å². The molecule has 0 aromatic rings. The van der Waals surface area contributed by atoms with Gasteiger partial charge in [0.05, 0.1) is 0 Å². The van der Waals surface area contributed by atoms with Crippen LogP contribution in [0, 0.1) is 34.5 Å². The molecule has 158 valence electrons. The minimum absolute atomic E-state index is 0.312. The highest BCUT2D eigenvalue weighted by Gasteiger charge is 2.60. The first-order valence-corrected chi connectivity index (χ1v) is 11.7. The Hall–Kier alpha value is -1.06. The highest BCUT2D eigenvalue weighted by Crippen LogP contribution is 2.66. The zero-order chi connectivity index (χ0) is 20.1. The van der Waals surface area contributed by atoms with Crippen LogP contribution in [-0.2, 0) is 9.59 Å². The molecule has 4 heteroatoms. The standard InChI is InChI=1S/C24H39NO3/c1-23-14-12-19-17(9-11-20-24(19,2)15-13-21(26)25(20)3)18(23)10-8-16(23)6-4-5-7-22(27)28/h16-20H,4-15H2,1-3H3,(H,27,28)/t16-,17?,18?,19?,20+,23+,24+/m0/s1. The fourth-order valence-corrected chi connectivity index (χ4v) is 8.40. The van der Waals surface area contributed by atoms with Gasteiger partial charge in [-0.15, -0.1) is 0 Å². The minimum atomic E-state index is -0.656. The lowest BCUT2D eigenvalue weighted by molar-refractivity contribution is -0.158. The van der Waals surface area contributed by atoms with Crippen LogP contribution in [0.2, 0.25) is 0 Å². The van der Waals surface area contributed by atoms with Gasteiger partial charge in [0.1, 0.15) is 0 Å². The van der Waals surface area contributed by atoms with Crippen molar-refractivity contribution in [2.45, 2.75) is 96.9 Å². The van der Waals surface area contributed by atoms with Gasteiger partial charge in [0.25, 0.3) is 0 Å². The molecule has 1 amide bonds. The topological polar surface area (TPSA) is 57.6 Å². The van der Waals surface area contributed by atoms with E-state index in [-0.39, 0.29) is 0 Å². The molecule has 0 bridgehead atoms. The second kappa shape index (κ2) is 7.32. The second-order valence-electron chi connectivity index (χ2n) is 10.9. The highest BCUT2D eigenvalue weighted by atomic mass is 16.4. The van der Waals surface area contributed by atoms with Crippen LogP contribution >= 0.6 is 0 Å². The number of carboxylic acid groups (broad SMARTS) is 1. The molecule has 3 unspecified atom stereocenters. The molecule has 0 aromatic heterocycles. The Labute approximate surface area is 170 Å². The van der Waals surface area contributed by atoms with E-state index in [0.29, 0.717) is 29.2 Å². The van der Waals surface area contributed by atoms with E-state index in [4.69, 9.17) is 5.11 Å². The van der Waals surface area contributed by atoms with E-state index in [0.717, 1.165) is 49.4 Å². The number of carboxylic acids is 1. The summed E-state index contributed by atoms with van der Waals surface area (Å²) in [5, 5.41) is 8.90. The number of piperidine rings is 1. The lowest BCUT2D eigenvalue weighted by Gasteiger charge is -2.62. The van der Waals surface area contributed by atoms with Gasteiger partial charge in [-0.3, -0.25) is 9.59 Å². The molecule has 0 aromatic carbocycles. The number of carbonyl (C=O) groups excluding carboxylic acids is 1. The largest absolute Gasteiger partial charge is 0.481 e. The van der Waals surface area contributed by atoms with Crippen molar-refractivity contribution in [3.05, 3.63) is 0 Å². The fraction of sp³-hybridized carbons (Fsp3) is 0.917. The number of unbranched alkanes of at least 4 members (excludes halogenated alkanes) is 1. The Balaban J connectivity index is 1.46. The van der Waals surface area contributed by atoms with Crippen LogP contribution in [0.3, 0.4) is 0 Å². The lowest BCUT2D eigenvalue weighted by Crippen LogP contribution is -2.61. The number of fused-ring (bicyclic) bond motifs is 5. The van der Waals surface area contributed by atoms with Gasteiger partial charge in [-0.1, -0.05) is 20.3 Å². The van der Waals surface area contributed by atoms with E-state index in [1.807, 2.05) is 7.05 Å². The van der Waals surface area contributed by atoms with Gasteiger partial charge in [-0.25, -0.2) is 0 Å². The Bertz CT molecular complexity index is 633. The van der Waals surface area contributed by atoms with E-state index < -0.39 is 5.97 Å². The number of carbonyl (C=O) groups is 2. The molecule has 28 heavy (non-hydrogen) atoms. The number of nitrogens with zero attached hydrogens (tertiary/aromatic N) is 1. The first kappa shape index (κ1) is 20.2. The average Bonchev–Trinajstić information content (AvgIpc) is 2.98. The van der Waals surface area contributed by atoms with E-state index in [2.05, 4.69) is 18.7 Å². The molecule has 4 nitrogen and oxygen atoms in total. The molecule has 4 rings (SSSR count). The summed E-state index contributed by atoms with van der Waals surface area (Å²) in [5.41, 5.74) is 0.774. The molecule has 3 saturated carbocycles. The fourth-order valence-electron chi connectivity index (χ4n) is 8.40. The predicted molar refractivity (Wildman–Crippen MR) is 110 cm³/mol. The molecule has 0 radical (unpaired) electrons. The van der Waals surface area contributed by atoms with Crippen molar-refractivity contribution < 1.29 is 14.7 Å². The van der Waals surface area contributed by atoms with Crippen molar-refractivity contribution in [3.63, 3.8) is 0 Å². The van der Waals surface area contributed by atoms with Crippen molar-refractivity contribution in [2.75, 3.05) is 7.05 Å². The van der Waals surface area contributed by atoms with Gasteiger partial charge in [-0.05, 0) is 92.3 Å². The van der Waals surface area contributed by atoms with Gasteiger partial charge in [0.2, 0.25) is 5.91 Å². The zero-order valence-electron chi connectivity index (χ0n) is 18.1. The third-order valence-corrected chi connectivity index (χ3v) is 9.95. The molecule has 0 spiro atoms. The van der Waals surface area contributed by atoms with Gasteiger partial charge >= 0.3 is 5.97 Å². The van der Waals surface area contributed by atoms with Crippen LogP contribution in [0.25, 0.3) is 0 Å². The zero-order valence-corrected chi connectivity index (χ0v) is 18.1. The molecule has 1 saturated heterocycles. The van der Waals surface area contributed by atoms with Crippen LogP contribution < -0.4 is 0 Å². The number of hydrogen-bond acceptors (Lipinski definition) is 2. The SMILES string of the molecule is CN1C(=O)CC[C@]2(C)C3CC[C@@]4(C)C(CC[C@@H]4CCCCC(=O)O)C3CC[C@@H]12.